The number of carboxylic acid groups (broad SMARTS) is 2. The van der Waals surface area contributed by atoms with Crippen molar-refractivity contribution in [3.8, 4) is 5.75 Å². The molecule has 0 amide bonds. The molecule has 2 unspecified atom stereocenters. The first-order valence-corrected chi connectivity index (χ1v) is 13.8. The first-order valence-electron chi connectivity index (χ1n) is 13.8. The fraction of sp³-hybridized carbons (Fsp3) is 0.500. The van der Waals surface area contributed by atoms with Crippen molar-refractivity contribution in [3.05, 3.63) is 58.3 Å². The molecule has 1 aromatic heterocycles. The molecule has 2 N–H and O–H groups in total. The number of aromatic nitrogens is 1. The maximum Gasteiger partial charge on any atom is 0.319 e. The molecule has 1 aromatic carbocycles. The van der Waals surface area contributed by atoms with E-state index < -0.39 is 34.1 Å². The van der Waals surface area contributed by atoms with E-state index in [4.69, 9.17) is 4.74 Å². The molecule has 6 nitrogen and oxygen atoms in total. The van der Waals surface area contributed by atoms with Gasteiger partial charge in [0.2, 0.25) is 0 Å². The summed E-state index contributed by atoms with van der Waals surface area (Å²) >= 11 is 0. The van der Waals surface area contributed by atoms with Crippen molar-refractivity contribution in [1.29, 1.82) is 0 Å². The average Bonchev–Trinajstić information content (AvgIpc) is 3.46. The van der Waals surface area contributed by atoms with E-state index in [-0.39, 0.29) is 0 Å². The van der Waals surface area contributed by atoms with Gasteiger partial charge in [-0.1, -0.05) is 58.3 Å². The second-order valence-corrected chi connectivity index (χ2v) is 12.8. The molecule has 2 aromatic rings. The van der Waals surface area contributed by atoms with Crippen molar-refractivity contribution in [2.75, 3.05) is 7.11 Å². The molecule has 4 aliphatic rings. The second-order valence-electron chi connectivity index (χ2n) is 12.8. The third-order valence-electron chi connectivity index (χ3n) is 9.83. The van der Waals surface area contributed by atoms with Crippen LogP contribution in [-0.2, 0) is 9.59 Å². The number of allylic oxidation sites excluding steroid dienone is 3. The molecular formula is C32H37NO5. The Morgan fingerprint density at radius 3 is 2.39 bits per heavy atom. The van der Waals surface area contributed by atoms with Crippen LogP contribution in [0.1, 0.15) is 89.3 Å². The van der Waals surface area contributed by atoms with Gasteiger partial charge in [-0.25, -0.2) is 0 Å². The van der Waals surface area contributed by atoms with Crippen LogP contribution < -0.4 is 4.74 Å². The van der Waals surface area contributed by atoms with Gasteiger partial charge in [-0.2, -0.15) is 0 Å². The lowest BCUT2D eigenvalue weighted by Crippen LogP contribution is -2.38. The van der Waals surface area contributed by atoms with E-state index in [0.29, 0.717) is 12.3 Å². The molecular weight excluding hydrogens is 478 g/mol. The van der Waals surface area contributed by atoms with Crippen LogP contribution in [0.15, 0.2) is 47.1 Å². The van der Waals surface area contributed by atoms with Crippen LogP contribution in [0, 0.1) is 16.2 Å². The van der Waals surface area contributed by atoms with Gasteiger partial charge < -0.3 is 19.5 Å². The maximum absolute atomic E-state index is 13.1. The lowest BCUT2D eigenvalue weighted by molar-refractivity contribution is -0.148. The number of methoxy groups -OCH3 is 1. The van der Waals surface area contributed by atoms with Gasteiger partial charge >= 0.3 is 11.9 Å². The van der Waals surface area contributed by atoms with Crippen molar-refractivity contribution >= 4 is 29.0 Å². The van der Waals surface area contributed by atoms with Crippen LogP contribution in [0.2, 0.25) is 0 Å². The Balaban J connectivity index is 1.74. The highest BCUT2D eigenvalue weighted by molar-refractivity contribution is 6.02. The summed E-state index contributed by atoms with van der Waals surface area (Å²) < 4.78 is 7.96. The summed E-state index contributed by atoms with van der Waals surface area (Å²) in [7, 11) is 1.67. The molecule has 0 radical (unpaired) electrons. The number of ether oxygens (including phenoxy) is 1. The molecule has 2 fully saturated rings. The largest absolute Gasteiger partial charge is 0.496 e. The van der Waals surface area contributed by atoms with Crippen molar-refractivity contribution in [3.63, 3.8) is 0 Å². The summed E-state index contributed by atoms with van der Waals surface area (Å²) in [5.74, 6) is -1.08. The van der Waals surface area contributed by atoms with Crippen LogP contribution in [0.25, 0.3) is 17.1 Å². The predicted octanol–water partition coefficient (Wildman–Crippen LogP) is 7.11. The number of carboxylic acids is 2. The van der Waals surface area contributed by atoms with Crippen LogP contribution in [0.4, 0.5) is 0 Å². The number of rotatable bonds is 4. The van der Waals surface area contributed by atoms with E-state index >= 15 is 0 Å². The van der Waals surface area contributed by atoms with Gasteiger partial charge in [0.25, 0.3) is 0 Å². The molecule has 0 saturated heterocycles. The Hall–Kier alpha value is -3.28. The standard InChI is InChI=1S/C32H37NO5/c1-30(2,3)32(29(36)37)22-17-33-23(26-20(25(22)32)12-9-15-31(26,4)28(34)35)16-21-24(38-5)14-13-19(27(21)33)18-10-7-6-8-11-18/h9,12-14,16-18,26H,6-8,10-11,15H2,1-5H3,(H,34,35)(H,36,37)/t26?,31-,32?/m0/s1. The molecule has 6 rings (SSSR count). The van der Waals surface area contributed by atoms with Crippen molar-refractivity contribution < 1.29 is 24.5 Å². The Kier molecular flexibility index (Phi) is 5.34. The third kappa shape index (κ3) is 3.06. The van der Waals surface area contributed by atoms with Crippen LogP contribution >= 0.6 is 0 Å². The minimum Gasteiger partial charge on any atom is -0.496 e. The Morgan fingerprint density at radius 1 is 1.08 bits per heavy atom. The third-order valence-corrected chi connectivity index (χ3v) is 9.83. The lowest BCUT2D eigenvalue weighted by atomic mass is 9.65. The zero-order chi connectivity index (χ0) is 27.2. The van der Waals surface area contributed by atoms with E-state index in [9.17, 15) is 19.8 Å². The monoisotopic (exact) mass is 515 g/mol. The summed E-state index contributed by atoms with van der Waals surface area (Å²) in [4.78, 5) is 26.0. The van der Waals surface area contributed by atoms with Crippen molar-refractivity contribution in [1.82, 2.24) is 4.57 Å². The van der Waals surface area contributed by atoms with Gasteiger partial charge in [0.1, 0.15) is 11.2 Å². The number of nitrogens with zero attached hydrogens (tertiary/aromatic N) is 1. The number of fused-ring (bicyclic) bond motifs is 6. The SMILES string of the molecule is COc1ccc(C2CCCCC2)c2c1cc1n2C=C2C(=C3C=CC[C@](C)(C(=O)O)C31)C2(C(=O)O)C(C)(C)C. The first kappa shape index (κ1) is 25.0. The van der Waals surface area contributed by atoms with Crippen molar-refractivity contribution in [2.24, 2.45) is 16.2 Å². The molecule has 3 atom stereocenters. The van der Waals surface area contributed by atoms with E-state index in [1.165, 1.54) is 24.8 Å². The highest BCUT2D eigenvalue weighted by Crippen LogP contribution is 2.72. The number of aliphatic carboxylic acids is 2. The molecule has 38 heavy (non-hydrogen) atoms. The highest BCUT2D eigenvalue weighted by atomic mass is 16.5. The van der Waals surface area contributed by atoms with Crippen LogP contribution in [0.3, 0.4) is 0 Å². The van der Waals surface area contributed by atoms with E-state index in [2.05, 4.69) is 16.7 Å². The number of hydrogen-bond donors (Lipinski definition) is 2. The van der Waals surface area contributed by atoms with Gasteiger partial charge in [0, 0.05) is 23.2 Å². The molecule has 0 bridgehead atoms. The summed E-state index contributed by atoms with van der Waals surface area (Å²) in [5.41, 5.74) is 2.68. The van der Waals surface area contributed by atoms with Gasteiger partial charge in [-0.3, -0.25) is 9.59 Å². The molecule has 1 aliphatic heterocycles. The van der Waals surface area contributed by atoms with E-state index in [0.717, 1.165) is 51.9 Å². The molecule has 2 heterocycles. The zero-order valence-electron chi connectivity index (χ0n) is 22.9. The van der Waals surface area contributed by atoms with E-state index in [1.807, 2.05) is 45.2 Å². The summed E-state index contributed by atoms with van der Waals surface area (Å²) in [6.07, 6.45) is 12.2. The maximum atomic E-state index is 13.1. The molecule has 3 aliphatic carbocycles. The summed E-state index contributed by atoms with van der Waals surface area (Å²) in [6.45, 7) is 7.70. The normalized spacial score (nSPS) is 28.8. The smallest absolute Gasteiger partial charge is 0.319 e. The van der Waals surface area contributed by atoms with Gasteiger partial charge in [0.05, 0.1) is 18.0 Å². The number of carbonyl (C=O) groups is 2. The molecule has 0 spiro atoms. The molecule has 6 heteroatoms. The van der Waals surface area contributed by atoms with Gasteiger partial charge in [0.15, 0.2) is 0 Å². The van der Waals surface area contributed by atoms with Crippen LogP contribution in [-0.4, -0.2) is 33.8 Å². The number of hydrogen-bond acceptors (Lipinski definition) is 3. The van der Waals surface area contributed by atoms with E-state index in [1.54, 1.807) is 14.0 Å². The highest BCUT2D eigenvalue weighted by Gasteiger charge is 2.70. The lowest BCUT2D eigenvalue weighted by Gasteiger charge is -2.38. The first-order chi connectivity index (χ1) is 18.0. The summed E-state index contributed by atoms with van der Waals surface area (Å²) in [6, 6.07) is 6.31. The van der Waals surface area contributed by atoms with Crippen molar-refractivity contribution in [2.45, 2.75) is 78.1 Å². The molecule has 200 valence electrons. The topological polar surface area (TPSA) is 88.8 Å². The minimum atomic E-state index is -1.17. The predicted molar refractivity (Wildman–Crippen MR) is 147 cm³/mol. The second kappa shape index (κ2) is 8.11. The average molecular weight is 516 g/mol. The fourth-order valence-electron chi connectivity index (χ4n) is 7.84. The molecule has 2 saturated carbocycles. The van der Waals surface area contributed by atoms with Crippen LogP contribution in [0.5, 0.6) is 5.75 Å². The Labute approximate surface area is 223 Å². The summed E-state index contributed by atoms with van der Waals surface area (Å²) in [5, 5.41) is 22.2. The minimum absolute atomic E-state index is 0.378. The Bertz CT molecular complexity index is 1480. The number of benzene rings is 1. The fourth-order valence-corrected chi connectivity index (χ4v) is 7.84. The quantitative estimate of drug-likeness (QED) is 0.453. The van der Waals surface area contributed by atoms with Gasteiger partial charge in [-0.05, 0) is 71.9 Å². The van der Waals surface area contributed by atoms with Gasteiger partial charge in [-0.15, -0.1) is 0 Å². The zero-order valence-corrected chi connectivity index (χ0v) is 22.9. The Morgan fingerprint density at radius 2 is 1.79 bits per heavy atom.